The maximum atomic E-state index is 12.2. The molecule has 0 aliphatic heterocycles. The van der Waals surface area contributed by atoms with Crippen LogP contribution in [0.5, 0.6) is 5.75 Å². The first-order valence-corrected chi connectivity index (χ1v) is 7.33. The van der Waals surface area contributed by atoms with Crippen LogP contribution in [0.4, 0.5) is 11.4 Å². The fourth-order valence-electron chi connectivity index (χ4n) is 2.58. The molecule has 0 atom stereocenters. The standard InChI is InChI=1S/C18H12N4O2/c23-17-12-7-1-2-8-13(12)20-18(24)16(17)22-21-14-9-3-5-11-6-4-10-19-15(11)14/h1-10H,(H2,20,23,24). The second kappa shape index (κ2) is 5.58. The average Bonchev–Trinajstić information content (AvgIpc) is 2.61. The Morgan fingerprint density at radius 1 is 0.958 bits per heavy atom. The topological polar surface area (TPSA) is 90.7 Å². The molecule has 0 amide bonds. The molecular formula is C18H12N4O2. The molecule has 0 aliphatic rings. The highest BCUT2D eigenvalue weighted by atomic mass is 16.3. The van der Waals surface area contributed by atoms with Crippen LogP contribution >= 0.6 is 0 Å². The third-order valence-electron chi connectivity index (χ3n) is 3.74. The number of nitrogens with one attached hydrogen (secondary N) is 1. The number of H-pyrrole nitrogens is 1. The van der Waals surface area contributed by atoms with Crippen LogP contribution in [-0.2, 0) is 0 Å². The Balaban J connectivity index is 1.87. The summed E-state index contributed by atoms with van der Waals surface area (Å²) in [5.74, 6) is -0.189. The van der Waals surface area contributed by atoms with Crippen molar-refractivity contribution in [3.8, 4) is 5.75 Å². The zero-order valence-electron chi connectivity index (χ0n) is 12.5. The minimum Gasteiger partial charge on any atom is -0.505 e. The minimum absolute atomic E-state index is 0.123. The molecule has 2 aromatic carbocycles. The number of hydrogen-bond donors (Lipinski definition) is 2. The van der Waals surface area contributed by atoms with Gasteiger partial charge in [0.2, 0.25) is 0 Å². The Kier molecular flexibility index (Phi) is 3.28. The second-order valence-electron chi connectivity index (χ2n) is 5.25. The van der Waals surface area contributed by atoms with Gasteiger partial charge in [-0.1, -0.05) is 30.3 Å². The molecule has 2 heterocycles. The average molecular weight is 316 g/mol. The summed E-state index contributed by atoms with van der Waals surface area (Å²) in [6.45, 7) is 0. The molecule has 0 aliphatic carbocycles. The SMILES string of the molecule is O=c1[nH]c2ccccc2c(O)c1N=Nc1cccc2cccnc12. The third kappa shape index (κ3) is 2.30. The van der Waals surface area contributed by atoms with Crippen LogP contribution in [-0.4, -0.2) is 15.1 Å². The summed E-state index contributed by atoms with van der Waals surface area (Å²) in [4.78, 5) is 19.1. The van der Waals surface area contributed by atoms with Crippen LogP contribution in [0.3, 0.4) is 0 Å². The first-order valence-electron chi connectivity index (χ1n) is 7.33. The van der Waals surface area contributed by atoms with Gasteiger partial charge in [-0.05, 0) is 24.3 Å². The zero-order valence-corrected chi connectivity index (χ0v) is 12.5. The quantitative estimate of drug-likeness (QED) is 0.543. The maximum absolute atomic E-state index is 12.2. The van der Waals surface area contributed by atoms with E-state index in [1.807, 2.05) is 24.3 Å². The van der Waals surface area contributed by atoms with E-state index >= 15 is 0 Å². The van der Waals surface area contributed by atoms with Crippen molar-refractivity contribution in [1.29, 1.82) is 0 Å². The van der Waals surface area contributed by atoms with Crippen LogP contribution in [0.2, 0.25) is 0 Å². The van der Waals surface area contributed by atoms with Gasteiger partial charge in [-0.15, -0.1) is 10.2 Å². The largest absolute Gasteiger partial charge is 0.505 e. The molecule has 2 aromatic heterocycles. The highest BCUT2D eigenvalue weighted by Crippen LogP contribution is 2.32. The molecule has 6 heteroatoms. The predicted molar refractivity (Wildman–Crippen MR) is 92.2 cm³/mol. The van der Waals surface area contributed by atoms with Gasteiger partial charge in [0.1, 0.15) is 5.69 Å². The van der Waals surface area contributed by atoms with Crippen molar-refractivity contribution in [3.63, 3.8) is 0 Å². The van der Waals surface area contributed by atoms with Crippen LogP contribution in [0.1, 0.15) is 0 Å². The van der Waals surface area contributed by atoms with Gasteiger partial charge in [-0.2, -0.15) is 0 Å². The van der Waals surface area contributed by atoms with E-state index in [-0.39, 0.29) is 11.4 Å². The molecule has 0 saturated heterocycles. The number of aromatic amines is 1. The van der Waals surface area contributed by atoms with Crippen molar-refractivity contribution in [2.45, 2.75) is 0 Å². The number of aromatic nitrogens is 2. The third-order valence-corrected chi connectivity index (χ3v) is 3.74. The van der Waals surface area contributed by atoms with Crippen LogP contribution in [0, 0.1) is 0 Å². The Morgan fingerprint density at radius 2 is 1.79 bits per heavy atom. The lowest BCUT2D eigenvalue weighted by molar-refractivity contribution is 0.481. The van der Waals surface area contributed by atoms with Gasteiger partial charge in [0.15, 0.2) is 11.4 Å². The number of aromatic hydroxyl groups is 1. The van der Waals surface area contributed by atoms with Gasteiger partial charge in [0.25, 0.3) is 5.56 Å². The summed E-state index contributed by atoms with van der Waals surface area (Å²) in [6.07, 6.45) is 1.67. The first-order chi connectivity index (χ1) is 11.7. The first kappa shape index (κ1) is 14.1. The summed E-state index contributed by atoms with van der Waals surface area (Å²) in [6, 6.07) is 16.2. The number of nitrogens with zero attached hydrogens (tertiary/aromatic N) is 3. The molecule has 2 N–H and O–H groups in total. The van der Waals surface area contributed by atoms with E-state index < -0.39 is 5.56 Å². The van der Waals surface area contributed by atoms with Crippen LogP contribution in [0.25, 0.3) is 21.8 Å². The molecule has 116 valence electrons. The molecule has 4 rings (SSSR count). The van der Waals surface area contributed by atoms with E-state index in [1.54, 1.807) is 36.5 Å². The lowest BCUT2D eigenvalue weighted by Crippen LogP contribution is -2.04. The summed E-state index contributed by atoms with van der Waals surface area (Å²) >= 11 is 0. The number of benzene rings is 2. The van der Waals surface area contributed by atoms with E-state index in [4.69, 9.17) is 0 Å². The monoisotopic (exact) mass is 316 g/mol. The van der Waals surface area contributed by atoms with Gasteiger partial charge >= 0.3 is 0 Å². The number of fused-ring (bicyclic) bond motifs is 2. The van der Waals surface area contributed by atoms with Crippen LogP contribution < -0.4 is 5.56 Å². The van der Waals surface area contributed by atoms with Gasteiger partial charge in [0.05, 0.1) is 11.0 Å². The van der Waals surface area contributed by atoms with Gasteiger partial charge < -0.3 is 10.1 Å². The second-order valence-corrected chi connectivity index (χ2v) is 5.25. The number of hydrogen-bond acceptors (Lipinski definition) is 5. The Labute approximate surface area is 136 Å². The molecule has 6 nitrogen and oxygen atoms in total. The molecular weight excluding hydrogens is 304 g/mol. The van der Waals surface area contributed by atoms with E-state index in [2.05, 4.69) is 20.2 Å². The van der Waals surface area contributed by atoms with Crippen molar-refractivity contribution >= 4 is 33.2 Å². The van der Waals surface area contributed by atoms with E-state index in [0.29, 0.717) is 22.1 Å². The molecule has 0 saturated carbocycles. The highest BCUT2D eigenvalue weighted by molar-refractivity contribution is 5.90. The van der Waals surface area contributed by atoms with Gasteiger partial charge in [-0.3, -0.25) is 9.78 Å². The normalized spacial score (nSPS) is 11.5. The van der Waals surface area contributed by atoms with E-state index in [1.165, 1.54) is 0 Å². The number of pyridine rings is 2. The van der Waals surface area contributed by atoms with Gasteiger partial charge in [-0.25, -0.2) is 0 Å². The zero-order chi connectivity index (χ0) is 16.5. The Morgan fingerprint density at radius 3 is 2.71 bits per heavy atom. The fraction of sp³-hybridized carbons (Fsp3) is 0. The van der Waals surface area contributed by atoms with Crippen molar-refractivity contribution in [2.75, 3.05) is 0 Å². The van der Waals surface area contributed by atoms with Crippen LogP contribution in [0.15, 0.2) is 75.8 Å². The minimum atomic E-state index is -0.497. The molecule has 4 aromatic rings. The fourth-order valence-corrected chi connectivity index (χ4v) is 2.58. The van der Waals surface area contributed by atoms with E-state index in [0.717, 1.165) is 5.39 Å². The molecule has 0 bridgehead atoms. The van der Waals surface area contributed by atoms with Crippen molar-refractivity contribution in [1.82, 2.24) is 9.97 Å². The number of azo groups is 1. The predicted octanol–water partition coefficient (Wildman–Crippen LogP) is 4.20. The smallest absolute Gasteiger partial charge is 0.280 e. The van der Waals surface area contributed by atoms with Crippen molar-refractivity contribution < 1.29 is 5.11 Å². The maximum Gasteiger partial charge on any atom is 0.280 e. The van der Waals surface area contributed by atoms with E-state index in [9.17, 15) is 9.90 Å². The number of rotatable bonds is 2. The molecule has 0 unspecified atom stereocenters. The number of para-hydroxylation sites is 2. The summed E-state index contributed by atoms with van der Waals surface area (Å²) in [7, 11) is 0. The molecule has 24 heavy (non-hydrogen) atoms. The molecule has 0 fully saturated rings. The summed E-state index contributed by atoms with van der Waals surface area (Å²) in [5.41, 5.74) is 1.14. The lowest BCUT2D eigenvalue weighted by Gasteiger charge is -2.03. The summed E-state index contributed by atoms with van der Waals surface area (Å²) < 4.78 is 0. The summed E-state index contributed by atoms with van der Waals surface area (Å²) in [5, 5.41) is 19.9. The molecule has 0 spiro atoms. The van der Waals surface area contributed by atoms with Crippen molar-refractivity contribution in [2.24, 2.45) is 10.2 Å². The van der Waals surface area contributed by atoms with Gasteiger partial charge in [0, 0.05) is 17.0 Å². The Bertz CT molecular complexity index is 1140. The molecule has 0 radical (unpaired) electrons. The van der Waals surface area contributed by atoms with Crippen molar-refractivity contribution in [3.05, 3.63) is 71.1 Å². The lowest BCUT2D eigenvalue weighted by atomic mass is 10.2. The Hall–Kier alpha value is -3.54. The highest BCUT2D eigenvalue weighted by Gasteiger charge is 2.11.